The zero-order chi connectivity index (χ0) is 20.8. The highest BCUT2D eigenvalue weighted by atomic mass is 32.2. The molecule has 0 atom stereocenters. The Balaban J connectivity index is 2.24. The summed E-state index contributed by atoms with van der Waals surface area (Å²) in [6.07, 6.45) is 3.58. The second kappa shape index (κ2) is 9.71. The van der Waals surface area contributed by atoms with E-state index in [-0.39, 0.29) is 34.3 Å². The van der Waals surface area contributed by atoms with Crippen LogP contribution < -0.4 is 10.1 Å². The van der Waals surface area contributed by atoms with Gasteiger partial charge in [-0.05, 0) is 31.0 Å². The first-order chi connectivity index (χ1) is 13.2. The van der Waals surface area contributed by atoms with Crippen molar-refractivity contribution in [1.82, 2.24) is 9.62 Å². The highest BCUT2D eigenvalue weighted by molar-refractivity contribution is 7.91. The molecule has 1 amide bonds. The summed E-state index contributed by atoms with van der Waals surface area (Å²) in [5, 5.41) is 2.53. The second-order valence-electron chi connectivity index (χ2n) is 6.68. The molecule has 1 fully saturated rings. The van der Waals surface area contributed by atoms with Crippen LogP contribution in [0.3, 0.4) is 0 Å². The number of ether oxygens (including phenoxy) is 1. The number of sulfone groups is 1. The van der Waals surface area contributed by atoms with Gasteiger partial charge in [0.15, 0.2) is 9.84 Å². The minimum Gasteiger partial charge on any atom is -0.495 e. The fourth-order valence-corrected chi connectivity index (χ4v) is 5.41. The molecule has 0 aliphatic carbocycles. The highest BCUT2D eigenvalue weighted by Crippen LogP contribution is 2.29. The number of carbonyl (C=O) groups is 1. The van der Waals surface area contributed by atoms with Crippen molar-refractivity contribution >= 4 is 25.8 Å². The van der Waals surface area contributed by atoms with Gasteiger partial charge in [0, 0.05) is 31.0 Å². The molecule has 2 rings (SSSR count). The molecular weight excluding hydrogens is 404 g/mol. The summed E-state index contributed by atoms with van der Waals surface area (Å²) >= 11 is 0. The van der Waals surface area contributed by atoms with Crippen molar-refractivity contribution in [2.24, 2.45) is 0 Å². The normalized spacial score (nSPS) is 16.4. The number of hydrogen-bond acceptors (Lipinski definition) is 6. The van der Waals surface area contributed by atoms with Gasteiger partial charge in [0.1, 0.15) is 10.6 Å². The molecule has 1 aliphatic heterocycles. The molecule has 8 nitrogen and oxygen atoms in total. The van der Waals surface area contributed by atoms with Crippen LogP contribution in [0.25, 0.3) is 0 Å². The van der Waals surface area contributed by atoms with Crippen LogP contribution in [-0.2, 0) is 19.9 Å². The third kappa shape index (κ3) is 5.68. The van der Waals surface area contributed by atoms with E-state index in [1.165, 1.54) is 29.6 Å². The van der Waals surface area contributed by atoms with E-state index < -0.39 is 25.8 Å². The fourth-order valence-electron chi connectivity index (χ4n) is 3.01. The van der Waals surface area contributed by atoms with Crippen LogP contribution in [0, 0.1) is 0 Å². The summed E-state index contributed by atoms with van der Waals surface area (Å²) in [4.78, 5) is 12.3. The zero-order valence-corrected chi connectivity index (χ0v) is 17.9. The van der Waals surface area contributed by atoms with Crippen molar-refractivity contribution in [3.8, 4) is 5.75 Å². The van der Waals surface area contributed by atoms with E-state index in [2.05, 4.69) is 5.32 Å². The maximum absolute atomic E-state index is 13.1. The molecule has 1 aromatic rings. The van der Waals surface area contributed by atoms with E-state index in [0.29, 0.717) is 13.1 Å². The van der Waals surface area contributed by atoms with Crippen molar-refractivity contribution < 1.29 is 26.4 Å². The Bertz CT molecular complexity index is 889. The standard InChI is InChI=1S/C18H28N2O6S2/c1-3-27(22,23)13-10-19-18(21)15-8-9-16(26-2)17(14-15)28(24,25)20-11-6-4-5-7-12-20/h8-9,14H,3-7,10-13H2,1-2H3,(H,19,21). The Labute approximate surface area is 167 Å². The van der Waals surface area contributed by atoms with Crippen LogP contribution in [0.1, 0.15) is 43.0 Å². The lowest BCUT2D eigenvalue weighted by Crippen LogP contribution is -2.33. The number of nitrogens with zero attached hydrogens (tertiary/aromatic N) is 1. The van der Waals surface area contributed by atoms with Gasteiger partial charge < -0.3 is 10.1 Å². The Morgan fingerprint density at radius 2 is 1.75 bits per heavy atom. The molecule has 0 aromatic heterocycles. The first-order valence-corrected chi connectivity index (χ1v) is 12.6. The van der Waals surface area contributed by atoms with Gasteiger partial charge in [-0.15, -0.1) is 0 Å². The van der Waals surface area contributed by atoms with E-state index in [0.717, 1.165) is 25.7 Å². The number of benzene rings is 1. The van der Waals surface area contributed by atoms with Gasteiger partial charge in [0.05, 0.1) is 12.9 Å². The molecule has 0 saturated carbocycles. The van der Waals surface area contributed by atoms with Crippen LogP contribution in [0.15, 0.2) is 23.1 Å². The van der Waals surface area contributed by atoms with E-state index in [1.807, 2.05) is 0 Å². The summed E-state index contributed by atoms with van der Waals surface area (Å²) in [6, 6.07) is 4.20. The van der Waals surface area contributed by atoms with Gasteiger partial charge in [-0.3, -0.25) is 4.79 Å². The minimum absolute atomic E-state index is 0.00360. The van der Waals surface area contributed by atoms with Gasteiger partial charge in [-0.25, -0.2) is 16.8 Å². The van der Waals surface area contributed by atoms with Crippen molar-refractivity contribution in [3.05, 3.63) is 23.8 Å². The van der Waals surface area contributed by atoms with Crippen molar-refractivity contribution in [3.63, 3.8) is 0 Å². The SMILES string of the molecule is CCS(=O)(=O)CCNC(=O)c1ccc(OC)c(S(=O)(=O)N2CCCCCC2)c1. The van der Waals surface area contributed by atoms with Crippen LogP contribution in [0.5, 0.6) is 5.75 Å². The number of hydrogen-bond donors (Lipinski definition) is 1. The molecule has 0 radical (unpaired) electrons. The summed E-state index contributed by atoms with van der Waals surface area (Å²) in [5.41, 5.74) is 0.142. The van der Waals surface area contributed by atoms with E-state index in [4.69, 9.17) is 4.74 Å². The highest BCUT2D eigenvalue weighted by Gasteiger charge is 2.29. The van der Waals surface area contributed by atoms with Crippen LogP contribution in [0.4, 0.5) is 0 Å². The number of nitrogens with one attached hydrogen (secondary N) is 1. The molecule has 10 heteroatoms. The Kier molecular flexibility index (Phi) is 7.85. The van der Waals surface area contributed by atoms with Gasteiger partial charge in [0.2, 0.25) is 10.0 Å². The number of carbonyl (C=O) groups excluding carboxylic acids is 1. The number of sulfonamides is 1. The molecule has 0 spiro atoms. The lowest BCUT2D eigenvalue weighted by molar-refractivity contribution is 0.0956. The molecule has 1 aromatic carbocycles. The molecule has 158 valence electrons. The molecule has 0 unspecified atom stereocenters. The average Bonchev–Trinajstić information content (AvgIpc) is 2.97. The van der Waals surface area contributed by atoms with Crippen LogP contribution in [-0.4, -0.2) is 65.3 Å². The van der Waals surface area contributed by atoms with Crippen molar-refractivity contribution in [2.45, 2.75) is 37.5 Å². The smallest absolute Gasteiger partial charge is 0.251 e. The average molecular weight is 433 g/mol. The molecule has 1 heterocycles. The monoisotopic (exact) mass is 432 g/mol. The van der Waals surface area contributed by atoms with Crippen molar-refractivity contribution in [2.75, 3.05) is 38.2 Å². The maximum Gasteiger partial charge on any atom is 0.251 e. The Hall–Kier alpha value is -1.65. The Morgan fingerprint density at radius 1 is 1.11 bits per heavy atom. The van der Waals surface area contributed by atoms with E-state index >= 15 is 0 Å². The zero-order valence-electron chi connectivity index (χ0n) is 16.3. The van der Waals surface area contributed by atoms with Gasteiger partial charge in [0.25, 0.3) is 5.91 Å². The summed E-state index contributed by atoms with van der Waals surface area (Å²) in [6.45, 7) is 2.39. The number of amides is 1. The lowest BCUT2D eigenvalue weighted by Gasteiger charge is -2.21. The van der Waals surface area contributed by atoms with E-state index in [1.54, 1.807) is 6.92 Å². The molecule has 1 N–H and O–H groups in total. The Morgan fingerprint density at radius 3 is 2.32 bits per heavy atom. The first kappa shape index (κ1) is 22.6. The third-order valence-corrected chi connectivity index (χ3v) is 8.37. The minimum atomic E-state index is -3.80. The summed E-state index contributed by atoms with van der Waals surface area (Å²) < 4.78 is 56.0. The molecule has 1 saturated heterocycles. The molecule has 0 bridgehead atoms. The third-order valence-electron chi connectivity index (χ3n) is 4.75. The number of rotatable bonds is 8. The van der Waals surface area contributed by atoms with Crippen molar-refractivity contribution in [1.29, 1.82) is 0 Å². The second-order valence-corrected chi connectivity index (χ2v) is 11.1. The van der Waals surface area contributed by atoms with E-state index in [9.17, 15) is 21.6 Å². The predicted octanol–water partition coefficient (Wildman–Crippen LogP) is 1.42. The first-order valence-electron chi connectivity index (χ1n) is 9.38. The molecular formula is C18H28N2O6S2. The quantitative estimate of drug-likeness (QED) is 0.665. The van der Waals surface area contributed by atoms with Gasteiger partial charge in [-0.1, -0.05) is 19.8 Å². The maximum atomic E-state index is 13.1. The molecule has 28 heavy (non-hydrogen) atoms. The topological polar surface area (TPSA) is 110 Å². The summed E-state index contributed by atoms with van der Waals surface area (Å²) in [7, 11) is -5.61. The fraction of sp³-hybridized carbons (Fsp3) is 0.611. The molecule has 1 aliphatic rings. The van der Waals surface area contributed by atoms with Gasteiger partial charge in [-0.2, -0.15) is 4.31 Å². The van der Waals surface area contributed by atoms with Crippen LogP contribution in [0.2, 0.25) is 0 Å². The largest absolute Gasteiger partial charge is 0.495 e. The lowest BCUT2D eigenvalue weighted by atomic mass is 10.2. The predicted molar refractivity (Wildman–Crippen MR) is 107 cm³/mol. The van der Waals surface area contributed by atoms with Crippen LogP contribution >= 0.6 is 0 Å². The number of methoxy groups -OCH3 is 1. The van der Waals surface area contributed by atoms with Gasteiger partial charge >= 0.3 is 0 Å². The summed E-state index contributed by atoms with van der Waals surface area (Å²) in [5.74, 6) is -0.510.